The van der Waals surface area contributed by atoms with Crippen LogP contribution in [0.25, 0.3) is 10.9 Å². The summed E-state index contributed by atoms with van der Waals surface area (Å²) in [7, 11) is -2.27. The van der Waals surface area contributed by atoms with E-state index in [2.05, 4.69) is 41.5 Å². The van der Waals surface area contributed by atoms with Crippen molar-refractivity contribution in [2.24, 2.45) is 0 Å². The van der Waals surface area contributed by atoms with Gasteiger partial charge in [-0.25, -0.2) is 4.79 Å². The van der Waals surface area contributed by atoms with E-state index in [1.165, 1.54) is 6.07 Å². The first kappa shape index (κ1) is 25.4. The average Bonchev–Trinajstić information content (AvgIpc) is 2.96. The third-order valence-electron chi connectivity index (χ3n) is 5.71. The van der Waals surface area contributed by atoms with E-state index < -0.39 is 32.6 Å². The van der Waals surface area contributed by atoms with Crippen molar-refractivity contribution in [2.45, 2.75) is 84.5 Å². The SMILES string of the molecule is CC(C)[Si](Oc1ccc2c(c1)cc([B-](F)(F)F)n2C(=O)OC(C)(C)C)(C(C)C)C(C)C. The highest BCUT2D eigenvalue weighted by Gasteiger charge is 2.47. The van der Waals surface area contributed by atoms with Gasteiger partial charge in [-0.3, -0.25) is 4.57 Å². The Balaban J connectivity index is 2.63. The van der Waals surface area contributed by atoms with Crippen molar-refractivity contribution in [3.63, 3.8) is 0 Å². The Bertz CT molecular complexity index is 924. The van der Waals surface area contributed by atoms with Gasteiger partial charge in [0.15, 0.2) is 0 Å². The molecule has 0 spiro atoms. The highest BCUT2D eigenvalue weighted by Crippen LogP contribution is 2.43. The van der Waals surface area contributed by atoms with E-state index in [1.54, 1.807) is 32.9 Å². The molecular weight excluding hydrogens is 422 g/mol. The number of benzene rings is 1. The maximum absolute atomic E-state index is 13.8. The molecular formula is C22H34BF3NO3Si-. The predicted octanol–water partition coefficient (Wildman–Crippen LogP) is 7.03. The number of halogens is 3. The molecule has 1 aromatic carbocycles. The lowest BCUT2D eigenvalue weighted by atomic mass is 9.86. The van der Waals surface area contributed by atoms with E-state index in [4.69, 9.17) is 9.16 Å². The molecule has 1 heterocycles. The van der Waals surface area contributed by atoms with Crippen LogP contribution in [0.1, 0.15) is 62.3 Å². The largest absolute Gasteiger partial charge is 0.543 e. The lowest BCUT2D eigenvalue weighted by Gasteiger charge is -2.42. The summed E-state index contributed by atoms with van der Waals surface area (Å²) in [6, 6.07) is 5.79. The minimum atomic E-state index is -5.42. The van der Waals surface area contributed by atoms with Gasteiger partial charge in [0.05, 0.1) is 5.52 Å². The first-order valence-corrected chi connectivity index (χ1v) is 12.9. The van der Waals surface area contributed by atoms with Crippen molar-refractivity contribution in [3.8, 4) is 5.75 Å². The summed E-state index contributed by atoms with van der Waals surface area (Å²) < 4.78 is 53.8. The van der Waals surface area contributed by atoms with Gasteiger partial charge in [0.1, 0.15) is 11.4 Å². The molecule has 31 heavy (non-hydrogen) atoms. The second-order valence-electron chi connectivity index (χ2n) is 10.1. The summed E-state index contributed by atoms with van der Waals surface area (Å²) in [5, 5.41) is 0.303. The van der Waals surface area contributed by atoms with Crippen LogP contribution in [0.4, 0.5) is 17.7 Å². The third kappa shape index (κ3) is 5.13. The van der Waals surface area contributed by atoms with Gasteiger partial charge in [-0.2, -0.15) is 0 Å². The summed E-state index contributed by atoms with van der Waals surface area (Å²) in [6.45, 7) is 12.3. The topological polar surface area (TPSA) is 40.5 Å². The molecule has 1 aromatic heterocycles. The second-order valence-corrected chi connectivity index (χ2v) is 15.5. The number of nitrogens with zero attached hydrogens (tertiary/aromatic N) is 1. The molecule has 0 saturated heterocycles. The maximum Gasteiger partial charge on any atom is 0.526 e. The number of hydrogen-bond acceptors (Lipinski definition) is 3. The van der Waals surface area contributed by atoms with Gasteiger partial charge < -0.3 is 22.1 Å². The van der Waals surface area contributed by atoms with Crippen LogP contribution in [-0.2, 0) is 4.74 Å². The molecule has 0 fully saturated rings. The van der Waals surface area contributed by atoms with E-state index in [9.17, 15) is 17.7 Å². The fourth-order valence-corrected chi connectivity index (χ4v) is 9.83. The van der Waals surface area contributed by atoms with E-state index in [1.807, 2.05) is 0 Å². The molecule has 0 atom stereocenters. The molecule has 0 unspecified atom stereocenters. The fraction of sp³-hybridized carbons (Fsp3) is 0.591. The quantitative estimate of drug-likeness (QED) is 0.438. The molecule has 0 saturated carbocycles. The molecule has 0 radical (unpaired) electrons. The van der Waals surface area contributed by atoms with Crippen molar-refractivity contribution < 1.29 is 26.9 Å². The zero-order chi connectivity index (χ0) is 23.9. The Morgan fingerprint density at radius 2 is 1.48 bits per heavy atom. The summed E-state index contributed by atoms with van der Waals surface area (Å²) in [6.07, 6.45) is -1.04. The monoisotopic (exact) mass is 456 g/mol. The molecule has 174 valence electrons. The second kappa shape index (κ2) is 8.56. The summed E-state index contributed by atoms with van der Waals surface area (Å²) in [5.41, 5.74) is -0.789. The summed E-state index contributed by atoms with van der Waals surface area (Å²) >= 11 is 0. The zero-order valence-electron chi connectivity index (χ0n) is 19.9. The zero-order valence-corrected chi connectivity index (χ0v) is 20.9. The van der Waals surface area contributed by atoms with Crippen LogP contribution in [0, 0.1) is 0 Å². The highest BCUT2D eigenvalue weighted by atomic mass is 28.4. The number of rotatable bonds is 6. The smallest absolute Gasteiger partial charge is 0.526 e. The predicted molar refractivity (Wildman–Crippen MR) is 124 cm³/mol. The fourth-order valence-electron chi connectivity index (χ4n) is 4.59. The molecule has 9 heteroatoms. The Kier molecular flexibility index (Phi) is 7.00. The third-order valence-corrected chi connectivity index (χ3v) is 11.7. The minimum absolute atomic E-state index is 0.154. The number of fused-ring (bicyclic) bond motifs is 1. The minimum Gasteiger partial charge on any atom is -0.543 e. The molecule has 0 aliphatic rings. The van der Waals surface area contributed by atoms with Crippen molar-refractivity contribution in [2.75, 3.05) is 0 Å². The highest BCUT2D eigenvalue weighted by molar-refractivity contribution is 6.78. The number of aromatic nitrogens is 1. The van der Waals surface area contributed by atoms with Crippen LogP contribution in [-0.4, -0.2) is 31.6 Å². The number of ether oxygens (including phenoxy) is 1. The number of carbonyl (C=O) groups excluding carboxylic acids is 1. The molecule has 0 aliphatic heterocycles. The van der Waals surface area contributed by atoms with E-state index in [0.29, 0.717) is 32.3 Å². The van der Waals surface area contributed by atoms with Crippen molar-refractivity contribution in [3.05, 3.63) is 24.3 Å². The average molecular weight is 456 g/mol. The molecule has 4 nitrogen and oxygen atoms in total. The summed E-state index contributed by atoms with van der Waals surface area (Å²) in [4.78, 5) is 12.6. The molecule has 0 N–H and O–H groups in total. The van der Waals surface area contributed by atoms with Gasteiger partial charge in [-0.15, -0.1) is 0 Å². The molecule has 2 rings (SSSR count). The van der Waals surface area contributed by atoms with Crippen LogP contribution in [0.15, 0.2) is 24.3 Å². The Hall–Kier alpha value is -1.90. The van der Waals surface area contributed by atoms with E-state index in [0.717, 1.165) is 6.07 Å². The van der Waals surface area contributed by atoms with Crippen molar-refractivity contribution in [1.82, 2.24) is 4.57 Å². The number of carbonyl (C=O) groups is 1. The molecule has 2 aromatic rings. The van der Waals surface area contributed by atoms with Crippen LogP contribution in [0.5, 0.6) is 5.75 Å². The maximum atomic E-state index is 13.8. The van der Waals surface area contributed by atoms with Gasteiger partial charge in [0, 0.05) is 5.39 Å². The number of hydrogen-bond donors (Lipinski definition) is 0. The lowest BCUT2D eigenvalue weighted by molar-refractivity contribution is 0.0547. The van der Waals surface area contributed by atoms with Gasteiger partial charge in [-0.1, -0.05) is 47.6 Å². The normalized spacial score (nSPS) is 13.5. The van der Waals surface area contributed by atoms with Gasteiger partial charge in [-0.05, 0) is 61.2 Å². The Labute approximate surface area is 184 Å². The molecule has 0 bridgehead atoms. The Morgan fingerprint density at radius 1 is 0.968 bits per heavy atom. The van der Waals surface area contributed by atoms with E-state index >= 15 is 0 Å². The molecule has 0 amide bonds. The van der Waals surface area contributed by atoms with Crippen LogP contribution < -0.4 is 10.0 Å². The van der Waals surface area contributed by atoms with Crippen LogP contribution in [0.3, 0.4) is 0 Å². The first-order chi connectivity index (χ1) is 14.0. The molecule has 0 aliphatic carbocycles. The van der Waals surface area contributed by atoms with Crippen molar-refractivity contribution in [1.29, 1.82) is 0 Å². The standard InChI is InChI=1S/C22H34BF3NO3Si/c1-14(2)31(15(3)4,16(5)6)30-18-10-11-19-17(12-18)13-20(23(24,25)26)27(19)21(28)29-22(7,8)9/h10-16H,1-9H3/q-1. The van der Waals surface area contributed by atoms with Gasteiger partial charge in [0.2, 0.25) is 0 Å². The van der Waals surface area contributed by atoms with Crippen molar-refractivity contribution >= 4 is 37.9 Å². The van der Waals surface area contributed by atoms with Gasteiger partial charge >= 0.3 is 13.1 Å². The Morgan fingerprint density at radius 3 is 1.90 bits per heavy atom. The lowest BCUT2D eigenvalue weighted by Crippen LogP contribution is -2.50. The van der Waals surface area contributed by atoms with E-state index in [-0.39, 0.29) is 5.52 Å². The van der Waals surface area contributed by atoms with Crippen LogP contribution >= 0.6 is 0 Å². The van der Waals surface area contributed by atoms with Crippen LogP contribution in [0.2, 0.25) is 16.6 Å². The summed E-state index contributed by atoms with van der Waals surface area (Å²) in [5.74, 6) is 0.540. The first-order valence-electron chi connectivity index (χ1n) is 10.8. The van der Waals surface area contributed by atoms with Gasteiger partial charge in [0.25, 0.3) is 8.32 Å².